The van der Waals surface area contributed by atoms with Gasteiger partial charge in [0.1, 0.15) is 11.9 Å². The Kier molecular flexibility index (Phi) is 6.04. The number of aryl methyl sites for hydroxylation is 2. The summed E-state index contributed by atoms with van der Waals surface area (Å²) in [6.07, 6.45) is 2.24. The number of para-hydroxylation sites is 1. The third-order valence-electron chi connectivity index (χ3n) is 7.47. The number of hydrogen-bond donors (Lipinski definition) is 1. The second-order valence-corrected chi connectivity index (χ2v) is 10.7. The molecule has 1 aliphatic rings. The number of fused-ring (bicyclic) bond motifs is 2. The smallest absolute Gasteiger partial charge is 0.137 e. The molecule has 0 radical (unpaired) electrons. The van der Waals surface area contributed by atoms with Crippen LogP contribution in [0.25, 0.3) is 11.3 Å². The first kappa shape index (κ1) is 23.4. The lowest BCUT2D eigenvalue weighted by Crippen LogP contribution is -2.28. The minimum absolute atomic E-state index is 0.0170. The van der Waals surface area contributed by atoms with E-state index in [1.807, 2.05) is 0 Å². The van der Waals surface area contributed by atoms with Crippen LogP contribution < -0.4 is 5.32 Å². The fourth-order valence-electron chi connectivity index (χ4n) is 5.71. The van der Waals surface area contributed by atoms with Crippen molar-refractivity contribution >= 4 is 5.69 Å². The van der Waals surface area contributed by atoms with Gasteiger partial charge in [-0.05, 0) is 60.4 Å². The molecule has 4 aromatic rings. The van der Waals surface area contributed by atoms with E-state index in [4.69, 9.17) is 4.98 Å². The highest BCUT2D eigenvalue weighted by atomic mass is 15.2. The zero-order valence-electron chi connectivity index (χ0n) is 22.1. The number of aromatic nitrogens is 2. The van der Waals surface area contributed by atoms with Crippen molar-refractivity contribution in [3.8, 4) is 11.3 Å². The Labute approximate surface area is 210 Å². The second kappa shape index (κ2) is 9.03. The molecule has 2 unspecified atom stereocenters. The summed E-state index contributed by atoms with van der Waals surface area (Å²) in [6.45, 7) is 15.9. The average molecular weight is 464 g/mol. The molecule has 180 valence electrons. The molecule has 0 fully saturated rings. The highest BCUT2D eigenvalue weighted by Crippen LogP contribution is 2.44. The molecule has 0 amide bonds. The molecule has 0 saturated heterocycles. The first-order valence-corrected chi connectivity index (χ1v) is 12.9. The van der Waals surface area contributed by atoms with Gasteiger partial charge in [-0.1, -0.05) is 93.9 Å². The standard InChI is InChI=1S/C32H37N3/c1-19(2)25-14-11-15-26(20(3)4)30(25)34-31-29-22(6)16-21(5)17-27(29)23(7)35-18-28(33-32(31)35)24-12-9-8-10-13-24/h8-20,23,31,34H,1-7H3. The van der Waals surface area contributed by atoms with Crippen molar-refractivity contribution in [2.75, 3.05) is 5.32 Å². The summed E-state index contributed by atoms with van der Waals surface area (Å²) in [5.41, 5.74) is 11.6. The third kappa shape index (κ3) is 4.07. The molecular formula is C32H37N3. The van der Waals surface area contributed by atoms with Crippen LogP contribution in [0.4, 0.5) is 5.69 Å². The van der Waals surface area contributed by atoms with Crippen molar-refractivity contribution in [1.29, 1.82) is 0 Å². The van der Waals surface area contributed by atoms with Crippen LogP contribution in [0.1, 0.15) is 97.7 Å². The molecule has 3 heteroatoms. The summed E-state index contributed by atoms with van der Waals surface area (Å²) in [5, 5.41) is 4.06. The minimum atomic E-state index is -0.0170. The van der Waals surface area contributed by atoms with E-state index in [1.54, 1.807) is 0 Å². The van der Waals surface area contributed by atoms with Gasteiger partial charge in [-0.25, -0.2) is 4.98 Å². The Morgan fingerprint density at radius 1 is 0.857 bits per heavy atom. The molecule has 0 saturated carbocycles. The number of benzene rings is 3. The number of imidazole rings is 1. The van der Waals surface area contributed by atoms with Crippen molar-refractivity contribution in [3.63, 3.8) is 0 Å². The molecule has 2 atom stereocenters. The van der Waals surface area contributed by atoms with E-state index >= 15 is 0 Å². The molecule has 5 rings (SSSR count). The largest absolute Gasteiger partial charge is 0.371 e. The van der Waals surface area contributed by atoms with E-state index in [9.17, 15) is 0 Å². The van der Waals surface area contributed by atoms with Gasteiger partial charge < -0.3 is 9.88 Å². The predicted octanol–water partition coefficient (Wildman–Crippen LogP) is 8.54. The average Bonchev–Trinajstić information content (AvgIpc) is 3.28. The summed E-state index contributed by atoms with van der Waals surface area (Å²) >= 11 is 0. The van der Waals surface area contributed by atoms with Crippen LogP contribution in [0.15, 0.2) is 66.9 Å². The molecule has 3 aromatic carbocycles. The molecule has 0 bridgehead atoms. The molecule has 2 heterocycles. The Morgan fingerprint density at radius 2 is 1.51 bits per heavy atom. The van der Waals surface area contributed by atoms with Crippen LogP contribution >= 0.6 is 0 Å². The number of nitrogens with zero attached hydrogens (tertiary/aromatic N) is 2. The normalized spacial score (nSPS) is 16.9. The van der Waals surface area contributed by atoms with Gasteiger partial charge in [0.2, 0.25) is 0 Å². The van der Waals surface area contributed by atoms with E-state index in [0.29, 0.717) is 11.8 Å². The van der Waals surface area contributed by atoms with Gasteiger partial charge in [0.15, 0.2) is 0 Å². The Balaban J connectivity index is 1.73. The lowest BCUT2D eigenvalue weighted by molar-refractivity contribution is 0.549. The molecular weight excluding hydrogens is 426 g/mol. The Bertz CT molecular complexity index is 1340. The molecule has 35 heavy (non-hydrogen) atoms. The maximum absolute atomic E-state index is 5.26. The summed E-state index contributed by atoms with van der Waals surface area (Å²) < 4.78 is 2.38. The van der Waals surface area contributed by atoms with Gasteiger partial charge in [0.05, 0.1) is 11.7 Å². The van der Waals surface area contributed by atoms with Gasteiger partial charge in [-0.2, -0.15) is 0 Å². The predicted molar refractivity (Wildman–Crippen MR) is 147 cm³/mol. The van der Waals surface area contributed by atoms with Gasteiger partial charge >= 0.3 is 0 Å². The molecule has 0 spiro atoms. The molecule has 0 aliphatic carbocycles. The van der Waals surface area contributed by atoms with Crippen LogP contribution in [0, 0.1) is 13.8 Å². The molecule has 1 N–H and O–H groups in total. The lowest BCUT2D eigenvalue weighted by Gasteiger charge is -2.35. The van der Waals surface area contributed by atoms with Gasteiger partial charge in [-0.3, -0.25) is 0 Å². The first-order chi connectivity index (χ1) is 16.8. The van der Waals surface area contributed by atoms with Crippen LogP contribution in [0.2, 0.25) is 0 Å². The maximum Gasteiger partial charge on any atom is 0.137 e. The highest BCUT2D eigenvalue weighted by Gasteiger charge is 2.34. The van der Waals surface area contributed by atoms with Crippen LogP contribution in [-0.2, 0) is 0 Å². The number of anilines is 1. The summed E-state index contributed by atoms with van der Waals surface area (Å²) in [5.74, 6) is 1.94. The molecule has 3 nitrogen and oxygen atoms in total. The van der Waals surface area contributed by atoms with Crippen molar-refractivity contribution in [2.24, 2.45) is 0 Å². The van der Waals surface area contributed by atoms with Crippen molar-refractivity contribution < 1.29 is 0 Å². The van der Waals surface area contributed by atoms with Crippen molar-refractivity contribution in [1.82, 2.24) is 9.55 Å². The monoisotopic (exact) mass is 463 g/mol. The van der Waals surface area contributed by atoms with Crippen molar-refractivity contribution in [2.45, 2.75) is 72.4 Å². The minimum Gasteiger partial charge on any atom is -0.371 e. The van der Waals surface area contributed by atoms with Crippen LogP contribution in [0.3, 0.4) is 0 Å². The van der Waals surface area contributed by atoms with Gasteiger partial charge in [-0.15, -0.1) is 0 Å². The Hall–Kier alpha value is -3.33. The van der Waals surface area contributed by atoms with Crippen molar-refractivity contribution in [3.05, 3.63) is 106 Å². The first-order valence-electron chi connectivity index (χ1n) is 12.9. The number of rotatable bonds is 5. The third-order valence-corrected chi connectivity index (χ3v) is 7.47. The van der Waals surface area contributed by atoms with Crippen LogP contribution in [-0.4, -0.2) is 9.55 Å². The zero-order chi connectivity index (χ0) is 24.9. The second-order valence-electron chi connectivity index (χ2n) is 10.7. The summed E-state index contributed by atoms with van der Waals surface area (Å²) in [4.78, 5) is 5.26. The van der Waals surface area contributed by atoms with E-state index in [0.717, 1.165) is 17.1 Å². The van der Waals surface area contributed by atoms with E-state index < -0.39 is 0 Å². The van der Waals surface area contributed by atoms with Gasteiger partial charge in [0, 0.05) is 17.4 Å². The van der Waals surface area contributed by atoms with E-state index in [2.05, 4.69) is 125 Å². The summed E-state index contributed by atoms with van der Waals surface area (Å²) in [6, 6.07) is 22.2. The van der Waals surface area contributed by atoms with Crippen LogP contribution in [0.5, 0.6) is 0 Å². The maximum atomic E-state index is 5.26. The number of hydrogen-bond acceptors (Lipinski definition) is 2. The fourth-order valence-corrected chi connectivity index (χ4v) is 5.71. The molecule has 1 aliphatic heterocycles. The zero-order valence-corrected chi connectivity index (χ0v) is 22.1. The SMILES string of the molecule is Cc1cc(C)c2c(c1)C(C)n1cc(-c3ccccc3)nc1C2Nc1c(C(C)C)cccc1C(C)C. The summed E-state index contributed by atoms with van der Waals surface area (Å²) in [7, 11) is 0. The van der Waals surface area contributed by atoms with E-state index in [1.165, 1.54) is 39.1 Å². The van der Waals surface area contributed by atoms with E-state index in [-0.39, 0.29) is 12.1 Å². The lowest BCUT2D eigenvalue weighted by atomic mass is 9.85. The quantitative estimate of drug-likeness (QED) is 0.321. The van der Waals surface area contributed by atoms with Gasteiger partial charge in [0.25, 0.3) is 0 Å². The highest BCUT2D eigenvalue weighted by molar-refractivity contribution is 5.65. The number of nitrogens with one attached hydrogen (secondary N) is 1. The molecule has 1 aromatic heterocycles. The fraction of sp³-hybridized carbons (Fsp3) is 0.344. The topological polar surface area (TPSA) is 29.9 Å². The Morgan fingerprint density at radius 3 is 2.14 bits per heavy atom.